The van der Waals surface area contributed by atoms with Crippen LogP contribution < -0.4 is 11.1 Å². The molecule has 0 aromatic carbocycles. The van der Waals surface area contributed by atoms with E-state index in [1.54, 1.807) is 12.1 Å². The van der Waals surface area contributed by atoms with Gasteiger partial charge in [-0.1, -0.05) is 0 Å². The predicted molar refractivity (Wildman–Crippen MR) is 65.3 cm³/mol. The van der Waals surface area contributed by atoms with E-state index in [-0.39, 0.29) is 11.9 Å². The summed E-state index contributed by atoms with van der Waals surface area (Å²) in [5.74, 6) is 1.05. The quantitative estimate of drug-likeness (QED) is 0.796. The Labute approximate surface area is 100 Å². The van der Waals surface area contributed by atoms with Gasteiger partial charge < -0.3 is 16.0 Å². The second kappa shape index (κ2) is 4.99. The van der Waals surface area contributed by atoms with Crippen molar-refractivity contribution in [3.63, 3.8) is 0 Å². The Morgan fingerprint density at radius 2 is 2.12 bits per heavy atom. The number of hydrogen-bond donors (Lipinski definition) is 2. The molecule has 1 aromatic heterocycles. The molecule has 0 saturated carbocycles. The molecular weight excluding hydrogens is 218 g/mol. The molecule has 0 radical (unpaired) electrons. The van der Waals surface area contributed by atoms with E-state index in [4.69, 9.17) is 5.73 Å². The molecule has 0 bridgehead atoms. The summed E-state index contributed by atoms with van der Waals surface area (Å²) in [7, 11) is 0. The minimum Gasteiger partial charge on any atom is -0.382 e. The number of hydrogen-bond acceptors (Lipinski definition) is 5. The molecule has 1 atom stereocenters. The van der Waals surface area contributed by atoms with Crippen LogP contribution in [-0.2, 0) is 4.79 Å². The number of carbonyl (C=O) groups is 1. The SMILES string of the molecule is CC(Nc1ccc(N)nn1)C(=O)N1CCCC1. The molecule has 1 unspecified atom stereocenters. The molecule has 2 heterocycles. The fourth-order valence-corrected chi connectivity index (χ4v) is 1.91. The lowest BCUT2D eigenvalue weighted by atomic mass is 10.3. The summed E-state index contributed by atoms with van der Waals surface area (Å²) in [4.78, 5) is 13.9. The highest BCUT2D eigenvalue weighted by atomic mass is 16.2. The molecule has 6 heteroatoms. The predicted octanol–water partition coefficient (Wildman–Crippen LogP) is 0.482. The third kappa shape index (κ3) is 2.83. The molecule has 3 N–H and O–H groups in total. The molecule has 1 saturated heterocycles. The van der Waals surface area contributed by atoms with E-state index in [1.807, 2.05) is 11.8 Å². The smallest absolute Gasteiger partial charge is 0.244 e. The van der Waals surface area contributed by atoms with Gasteiger partial charge in [-0.2, -0.15) is 0 Å². The molecule has 0 aliphatic carbocycles. The first-order valence-electron chi connectivity index (χ1n) is 5.81. The Morgan fingerprint density at radius 1 is 1.41 bits per heavy atom. The zero-order valence-corrected chi connectivity index (χ0v) is 9.89. The van der Waals surface area contributed by atoms with E-state index >= 15 is 0 Å². The first kappa shape index (κ1) is 11.6. The van der Waals surface area contributed by atoms with Crippen LogP contribution in [0.4, 0.5) is 11.6 Å². The summed E-state index contributed by atoms with van der Waals surface area (Å²) < 4.78 is 0. The van der Waals surface area contributed by atoms with Crippen LogP contribution in [0, 0.1) is 0 Å². The third-order valence-electron chi connectivity index (χ3n) is 2.84. The molecule has 1 aromatic rings. The Bertz CT molecular complexity index is 385. The topological polar surface area (TPSA) is 84.1 Å². The summed E-state index contributed by atoms with van der Waals surface area (Å²) in [6.07, 6.45) is 2.19. The Hall–Kier alpha value is -1.85. The maximum absolute atomic E-state index is 12.0. The van der Waals surface area contributed by atoms with Crippen LogP contribution in [0.5, 0.6) is 0 Å². The summed E-state index contributed by atoms with van der Waals surface area (Å²) in [5, 5.41) is 10.6. The van der Waals surface area contributed by atoms with Gasteiger partial charge in [0.1, 0.15) is 17.7 Å². The lowest BCUT2D eigenvalue weighted by Gasteiger charge is -2.21. The zero-order chi connectivity index (χ0) is 12.3. The lowest BCUT2D eigenvalue weighted by molar-refractivity contribution is -0.130. The molecule has 1 aliphatic rings. The molecular formula is C11H17N5O. The fraction of sp³-hybridized carbons (Fsp3) is 0.545. The van der Waals surface area contributed by atoms with E-state index in [9.17, 15) is 4.79 Å². The number of nitrogen functional groups attached to an aromatic ring is 1. The molecule has 6 nitrogen and oxygen atoms in total. The van der Waals surface area contributed by atoms with Gasteiger partial charge in [0, 0.05) is 13.1 Å². The highest BCUT2D eigenvalue weighted by Crippen LogP contribution is 2.11. The van der Waals surface area contributed by atoms with E-state index in [1.165, 1.54) is 0 Å². The van der Waals surface area contributed by atoms with E-state index in [0.717, 1.165) is 25.9 Å². The van der Waals surface area contributed by atoms with Gasteiger partial charge in [0.05, 0.1) is 0 Å². The molecule has 2 rings (SSSR count). The number of nitrogens with zero attached hydrogens (tertiary/aromatic N) is 3. The Kier molecular flexibility index (Phi) is 3.41. The van der Waals surface area contributed by atoms with Gasteiger partial charge in [-0.15, -0.1) is 10.2 Å². The average Bonchev–Trinajstić information content (AvgIpc) is 2.84. The van der Waals surface area contributed by atoms with Crippen molar-refractivity contribution in [1.29, 1.82) is 0 Å². The van der Waals surface area contributed by atoms with Gasteiger partial charge >= 0.3 is 0 Å². The van der Waals surface area contributed by atoms with Crippen LogP contribution in [-0.4, -0.2) is 40.1 Å². The van der Waals surface area contributed by atoms with E-state index in [2.05, 4.69) is 15.5 Å². The van der Waals surface area contributed by atoms with Crippen molar-refractivity contribution >= 4 is 17.5 Å². The molecule has 1 fully saturated rings. The van der Waals surface area contributed by atoms with Gasteiger partial charge in [0.2, 0.25) is 5.91 Å². The van der Waals surface area contributed by atoms with Gasteiger partial charge in [0.25, 0.3) is 0 Å². The molecule has 17 heavy (non-hydrogen) atoms. The first-order valence-corrected chi connectivity index (χ1v) is 5.81. The second-order valence-corrected chi connectivity index (χ2v) is 4.24. The van der Waals surface area contributed by atoms with Gasteiger partial charge in [-0.3, -0.25) is 4.79 Å². The summed E-state index contributed by atoms with van der Waals surface area (Å²) in [6.45, 7) is 3.55. The maximum Gasteiger partial charge on any atom is 0.244 e. The summed E-state index contributed by atoms with van der Waals surface area (Å²) >= 11 is 0. The Balaban J connectivity index is 1.93. The van der Waals surface area contributed by atoms with Crippen molar-refractivity contribution in [2.24, 2.45) is 0 Å². The molecule has 1 amide bonds. The number of rotatable bonds is 3. The van der Waals surface area contributed by atoms with Crippen LogP contribution in [0.1, 0.15) is 19.8 Å². The van der Waals surface area contributed by atoms with Crippen molar-refractivity contribution in [3.8, 4) is 0 Å². The number of aromatic nitrogens is 2. The number of amides is 1. The van der Waals surface area contributed by atoms with E-state index in [0.29, 0.717) is 11.6 Å². The van der Waals surface area contributed by atoms with Gasteiger partial charge in [-0.25, -0.2) is 0 Å². The standard InChI is InChI=1S/C11H17N5O/c1-8(11(17)16-6-2-3-7-16)13-10-5-4-9(12)14-15-10/h4-5,8H,2-3,6-7H2,1H3,(H2,12,14)(H,13,15). The molecule has 92 valence electrons. The highest BCUT2D eigenvalue weighted by molar-refractivity contribution is 5.84. The van der Waals surface area contributed by atoms with Crippen LogP contribution in [0.2, 0.25) is 0 Å². The number of likely N-dealkylation sites (tertiary alicyclic amines) is 1. The third-order valence-corrected chi connectivity index (χ3v) is 2.84. The van der Waals surface area contributed by atoms with Gasteiger partial charge in [-0.05, 0) is 31.9 Å². The normalized spacial score (nSPS) is 16.9. The van der Waals surface area contributed by atoms with Crippen molar-refractivity contribution in [2.75, 3.05) is 24.1 Å². The van der Waals surface area contributed by atoms with Crippen molar-refractivity contribution in [2.45, 2.75) is 25.8 Å². The largest absolute Gasteiger partial charge is 0.382 e. The number of anilines is 2. The average molecular weight is 235 g/mol. The summed E-state index contributed by atoms with van der Waals surface area (Å²) in [6, 6.07) is 3.09. The maximum atomic E-state index is 12.0. The second-order valence-electron chi connectivity index (χ2n) is 4.24. The number of nitrogens with one attached hydrogen (secondary N) is 1. The number of carbonyl (C=O) groups excluding carboxylic acids is 1. The van der Waals surface area contributed by atoms with Crippen molar-refractivity contribution in [3.05, 3.63) is 12.1 Å². The molecule has 0 spiro atoms. The summed E-state index contributed by atoms with van der Waals surface area (Å²) in [5.41, 5.74) is 5.44. The Morgan fingerprint density at radius 3 is 2.71 bits per heavy atom. The monoisotopic (exact) mass is 235 g/mol. The van der Waals surface area contributed by atoms with Crippen molar-refractivity contribution < 1.29 is 4.79 Å². The highest BCUT2D eigenvalue weighted by Gasteiger charge is 2.23. The van der Waals surface area contributed by atoms with E-state index < -0.39 is 0 Å². The van der Waals surface area contributed by atoms with Crippen LogP contribution >= 0.6 is 0 Å². The minimum absolute atomic E-state index is 0.112. The zero-order valence-electron chi connectivity index (χ0n) is 9.89. The van der Waals surface area contributed by atoms with Crippen molar-refractivity contribution in [1.82, 2.24) is 15.1 Å². The number of nitrogens with two attached hydrogens (primary N) is 1. The van der Waals surface area contributed by atoms with Gasteiger partial charge in [0.15, 0.2) is 0 Å². The minimum atomic E-state index is -0.286. The van der Waals surface area contributed by atoms with Crippen LogP contribution in [0.3, 0.4) is 0 Å². The van der Waals surface area contributed by atoms with Crippen LogP contribution in [0.15, 0.2) is 12.1 Å². The fourth-order valence-electron chi connectivity index (χ4n) is 1.91. The molecule has 1 aliphatic heterocycles. The first-order chi connectivity index (χ1) is 8.16. The lowest BCUT2D eigenvalue weighted by Crippen LogP contribution is -2.39. The van der Waals surface area contributed by atoms with Crippen LogP contribution in [0.25, 0.3) is 0 Å².